The molecule has 102 valence electrons. The number of hydrogen-bond acceptors (Lipinski definition) is 3. The second-order valence-electron chi connectivity index (χ2n) is 4.40. The Labute approximate surface area is 117 Å². The van der Waals surface area contributed by atoms with Crippen LogP contribution < -0.4 is 5.32 Å². The van der Waals surface area contributed by atoms with Gasteiger partial charge in [0.25, 0.3) is 5.91 Å². The fraction of sp³-hybridized carbons (Fsp3) is 0.385. The summed E-state index contributed by atoms with van der Waals surface area (Å²) in [6.45, 7) is 2.42. The van der Waals surface area contributed by atoms with Crippen molar-refractivity contribution < 1.29 is 4.79 Å². The van der Waals surface area contributed by atoms with Gasteiger partial charge in [-0.3, -0.25) is 4.79 Å². The van der Waals surface area contributed by atoms with E-state index in [1.54, 1.807) is 18.0 Å². The molecular weight excluding hydrogens is 260 g/mol. The average Bonchev–Trinajstić information content (AvgIpc) is 2.91. The van der Waals surface area contributed by atoms with Crippen LogP contribution in [0.15, 0.2) is 23.6 Å². The molecular formula is C13H18N4OS. The van der Waals surface area contributed by atoms with Crippen LogP contribution >= 0.6 is 11.8 Å². The highest BCUT2D eigenvalue weighted by molar-refractivity contribution is 7.98. The van der Waals surface area contributed by atoms with Crippen LogP contribution in [0.5, 0.6) is 0 Å². The molecule has 0 aliphatic carbocycles. The van der Waals surface area contributed by atoms with E-state index in [2.05, 4.69) is 10.3 Å². The molecule has 0 saturated carbocycles. The lowest BCUT2D eigenvalue weighted by atomic mass is 10.2. The Morgan fingerprint density at radius 1 is 1.47 bits per heavy atom. The lowest BCUT2D eigenvalue weighted by Gasteiger charge is -2.07. The SMILES string of the molecule is CSc1ncc(CNC(=O)c2ccn(C)c2C)n1C. The van der Waals surface area contributed by atoms with Crippen LogP contribution in [0.4, 0.5) is 0 Å². The second kappa shape index (κ2) is 5.52. The first kappa shape index (κ1) is 13.7. The third-order valence-electron chi connectivity index (χ3n) is 3.28. The van der Waals surface area contributed by atoms with Crippen LogP contribution in [-0.2, 0) is 20.6 Å². The van der Waals surface area contributed by atoms with Crippen molar-refractivity contribution in [2.45, 2.75) is 18.6 Å². The summed E-state index contributed by atoms with van der Waals surface area (Å²) in [5, 5.41) is 3.87. The number of aromatic nitrogens is 3. The van der Waals surface area contributed by atoms with Crippen molar-refractivity contribution in [1.29, 1.82) is 0 Å². The van der Waals surface area contributed by atoms with Crippen molar-refractivity contribution in [2.75, 3.05) is 6.26 Å². The topological polar surface area (TPSA) is 51.9 Å². The summed E-state index contributed by atoms with van der Waals surface area (Å²) < 4.78 is 3.92. The number of nitrogens with zero attached hydrogens (tertiary/aromatic N) is 3. The zero-order valence-electron chi connectivity index (χ0n) is 11.6. The molecule has 0 spiro atoms. The maximum absolute atomic E-state index is 12.1. The second-order valence-corrected chi connectivity index (χ2v) is 5.18. The van der Waals surface area contributed by atoms with Crippen molar-refractivity contribution in [1.82, 2.24) is 19.4 Å². The van der Waals surface area contributed by atoms with Gasteiger partial charge in [0.15, 0.2) is 5.16 Å². The zero-order valence-corrected chi connectivity index (χ0v) is 12.4. The normalized spacial score (nSPS) is 10.7. The van der Waals surface area contributed by atoms with E-state index in [4.69, 9.17) is 0 Å². The molecule has 1 amide bonds. The first-order chi connectivity index (χ1) is 9.04. The quantitative estimate of drug-likeness (QED) is 0.866. The first-order valence-corrected chi connectivity index (χ1v) is 7.21. The molecule has 0 radical (unpaired) electrons. The third-order valence-corrected chi connectivity index (χ3v) is 4.03. The van der Waals surface area contributed by atoms with E-state index in [0.717, 1.165) is 22.1 Å². The molecule has 0 atom stereocenters. The highest BCUT2D eigenvalue weighted by atomic mass is 32.2. The van der Waals surface area contributed by atoms with Gasteiger partial charge in [0.2, 0.25) is 0 Å². The Bertz CT molecular complexity index is 600. The Kier molecular flexibility index (Phi) is 3.99. The van der Waals surface area contributed by atoms with Crippen LogP contribution in [-0.4, -0.2) is 26.3 Å². The highest BCUT2D eigenvalue weighted by Gasteiger charge is 2.12. The molecule has 0 aliphatic rings. The van der Waals surface area contributed by atoms with Gasteiger partial charge in [0, 0.05) is 26.0 Å². The molecule has 2 aromatic rings. The summed E-state index contributed by atoms with van der Waals surface area (Å²) in [4.78, 5) is 16.4. The Morgan fingerprint density at radius 3 is 2.74 bits per heavy atom. The van der Waals surface area contributed by atoms with E-state index in [-0.39, 0.29) is 5.91 Å². The number of rotatable bonds is 4. The predicted octanol–water partition coefficient (Wildman–Crippen LogP) is 1.72. The molecule has 0 fully saturated rings. The van der Waals surface area contributed by atoms with Gasteiger partial charge in [-0.2, -0.15) is 0 Å². The van der Waals surface area contributed by atoms with Crippen LogP contribution in [0.25, 0.3) is 0 Å². The van der Waals surface area contributed by atoms with Gasteiger partial charge >= 0.3 is 0 Å². The van der Waals surface area contributed by atoms with Gasteiger partial charge in [0.05, 0.1) is 24.0 Å². The number of thioether (sulfide) groups is 1. The molecule has 19 heavy (non-hydrogen) atoms. The van der Waals surface area contributed by atoms with E-state index in [9.17, 15) is 4.79 Å². The molecule has 6 heteroatoms. The predicted molar refractivity (Wildman–Crippen MR) is 76.3 cm³/mol. The van der Waals surface area contributed by atoms with Crippen LogP contribution in [0, 0.1) is 6.92 Å². The minimum absolute atomic E-state index is 0.0509. The molecule has 1 N–H and O–H groups in total. The highest BCUT2D eigenvalue weighted by Crippen LogP contribution is 2.14. The fourth-order valence-electron chi connectivity index (χ4n) is 1.89. The summed E-state index contributed by atoms with van der Waals surface area (Å²) in [6, 6.07) is 1.83. The average molecular weight is 278 g/mol. The molecule has 2 rings (SSSR count). The van der Waals surface area contributed by atoms with Crippen LogP contribution in [0.3, 0.4) is 0 Å². The first-order valence-electron chi connectivity index (χ1n) is 5.99. The van der Waals surface area contributed by atoms with E-state index in [0.29, 0.717) is 6.54 Å². The number of carbonyl (C=O) groups excluding carboxylic acids is 1. The Balaban J connectivity index is 2.04. The van der Waals surface area contributed by atoms with Gasteiger partial charge in [-0.15, -0.1) is 0 Å². The molecule has 0 bridgehead atoms. The number of aryl methyl sites for hydroxylation is 1. The monoisotopic (exact) mass is 278 g/mol. The van der Waals surface area contributed by atoms with E-state index >= 15 is 0 Å². The minimum atomic E-state index is -0.0509. The lowest BCUT2D eigenvalue weighted by Crippen LogP contribution is -2.24. The van der Waals surface area contributed by atoms with Gasteiger partial charge in [0.1, 0.15) is 0 Å². The van der Waals surface area contributed by atoms with Gasteiger partial charge < -0.3 is 14.5 Å². The van der Waals surface area contributed by atoms with Crippen LogP contribution in [0.2, 0.25) is 0 Å². The third kappa shape index (κ3) is 2.68. The van der Waals surface area contributed by atoms with E-state index < -0.39 is 0 Å². The maximum atomic E-state index is 12.1. The summed E-state index contributed by atoms with van der Waals surface area (Å²) in [5.74, 6) is -0.0509. The summed E-state index contributed by atoms with van der Waals surface area (Å²) in [5.41, 5.74) is 2.67. The smallest absolute Gasteiger partial charge is 0.253 e. The Morgan fingerprint density at radius 2 is 2.21 bits per heavy atom. The summed E-state index contributed by atoms with van der Waals surface area (Å²) >= 11 is 1.59. The molecule has 2 heterocycles. The van der Waals surface area contributed by atoms with Crippen LogP contribution in [0.1, 0.15) is 21.7 Å². The maximum Gasteiger partial charge on any atom is 0.253 e. The molecule has 5 nitrogen and oxygen atoms in total. The van der Waals surface area contributed by atoms with Gasteiger partial charge in [-0.05, 0) is 19.2 Å². The minimum Gasteiger partial charge on any atom is -0.354 e. The number of carbonyl (C=O) groups is 1. The molecule has 0 aliphatic heterocycles. The van der Waals surface area contributed by atoms with E-state index in [1.165, 1.54) is 0 Å². The van der Waals surface area contributed by atoms with Crippen molar-refractivity contribution in [3.05, 3.63) is 35.4 Å². The molecule has 0 aromatic carbocycles. The number of hydrogen-bond donors (Lipinski definition) is 1. The number of nitrogens with one attached hydrogen (secondary N) is 1. The Hall–Kier alpha value is -1.69. The van der Waals surface area contributed by atoms with Crippen molar-refractivity contribution in [2.24, 2.45) is 14.1 Å². The molecule has 2 aromatic heterocycles. The molecule has 0 saturated heterocycles. The number of imidazole rings is 1. The number of amides is 1. The van der Waals surface area contributed by atoms with Crippen molar-refractivity contribution >= 4 is 17.7 Å². The van der Waals surface area contributed by atoms with Gasteiger partial charge in [-0.1, -0.05) is 11.8 Å². The van der Waals surface area contributed by atoms with Crippen molar-refractivity contribution in [3.63, 3.8) is 0 Å². The lowest BCUT2D eigenvalue weighted by molar-refractivity contribution is 0.0949. The standard InChI is InChI=1S/C13H18N4OS/c1-9-11(5-6-16(9)2)12(18)14-7-10-8-15-13(19-4)17(10)3/h5-6,8H,7H2,1-4H3,(H,14,18). The summed E-state index contributed by atoms with van der Waals surface area (Å²) in [6.07, 6.45) is 5.67. The van der Waals surface area contributed by atoms with Gasteiger partial charge in [-0.25, -0.2) is 4.98 Å². The van der Waals surface area contributed by atoms with E-state index in [1.807, 2.05) is 48.7 Å². The van der Waals surface area contributed by atoms with Crippen molar-refractivity contribution in [3.8, 4) is 0 Å². The molecule has 0 unspecified atom stereocenters. The zero-order chi connectivity index (χ0) is 14.0. The largest absolute Gasteiger partial charge is 0.354 e. The fourth-order valence-corrected chi connectivity index (χ4v) is 2.44. The summed E-state index contributed by atoms with van der Waals surface area (Å²) in [7, 11) is 3.88.